The summed E-state index contributed by atoms with van der Waals surface area (Å²) in [6.45, 7) is 0. The van der Waals surface area contributed by atoms with E-state index >= 15 is 0 Å². The predicted molar refractivity (Wildman–Crippen MR) is 109 cm³/mol. The number of carbonyl (C=O) groups is 2. The number of nitrogens with two attached hydrogens (primary N) is 1. The lowest BCUT2D eigenvalue weighted by Crippen LogP contribution is -2.19. The predicted octanol–water partition coefficient (Wildman–Crippen LogP) is 4.11. The molecule has 0 atom stereocenters. The molecule has 0 bridgehead atoms. The quantitative estimate of drug-likeness (QED) is 0.421. The van der Waals surface area contributed by atoms with Crippen LogP contribution >= 0.6 is 0 Å². The maximum Gasteiger partial charge on any atom is 0.323 e. The van der Waals surface area contributed by atoms with Crippen molar-refractivity contribution < 1.29 is 14.0 Å². The number of amides is 3. The molecule has 4 aromatic rings. The first-order valence-electron chi connectivity index (χ1n) is 8.72. The lowest BCUT2D eigenvalue weighted by molar-refractivity contribution is 0.0997. The van der Waals surface area contributed by atoms with E-state index in [1.165, 1.54) is 24.3 Å². The Morgan fingerprint density at radius 1 is 0.931 bits per heavy atom. The first kappa shape index (κ1) is 18.2. The van der Waals surface area contributed by atoms with Crippen molar-refractivity contribution in [2.24, 2.45) is 5.73 Å². The van der Waals surface area contributed by atoms with Crippen LogP contribution in [0.5, 0.6) is 0 Å². The number of H-pyrrole nitrogens is 1. The second-order valence-electron chi connectivity index (χ2n) is 6.30. The van der Waals surface area contributed by atoms with E-state index in [0.717, 1.165) is 5.56 Å². The third kappa shape index (κ3) is 3.77. The molecular formula is C21H16FN5O2. The summed E-state index contributed by atoms with van der Waals surface area (Å²) in [6, 6.07) is 15.5. The van der Waals surface area contributed by atoms with Gasteiger partial charge in [0.1, 0.15) is 11.5 Å². The van der Waals surface area contributed by atoms with E-state index < -0.39 is 11.9 Å². The molecule has 4 rings (SSSR count). The molecule has 2 aromatic heterocycles. The van der Waals surface area contributed by atoms with E-state index in [9.17, 15) is 14.0 Å². The lowest BCUT2D eigenvalue weighted by Gasteiger charge is -2.09. The van der Waals surface area contributed by atoms with Crippen molar-refractivity contribution in [1.29, 1.82) is 0 Å². The topological polar surface area (TPSA) is 113 Å². The van der Waals surface area contributed by atoms with Crippen LogP contribution in [0.3, 0.4) is 0 Å². The molecule has 7 nitrogen and oxygen atoms in total. The number of hydrogen-bond acceptors (Lipinski definition) is 3. The number of halogens is 1. The summed E-state index contributed by atoms with van der Waals surface area (Å²) < 4.78 is 12.9. The van der Waals surface area contributed by atoms with Crippen LogP contribution in [-0.4, -0.2) is 21.9 Å². The number of pyridine rings is 1. The Morgan fingerprint density at radius 3 is 2.17 bits per heavy atom. The third-order valence-electron chi connectivity index (χ3n) is 4.33. The zero-order valence-corrected chi connectivity index (χ0v) is 15.1. The molecular weight excluding hydrogens is 373 g/mol. The number of primary amides is 1. The van der Waals surface area contributed by atoms with E-state index in [1.807, 2.05) is 6.07 Å². The first-order chi connectivity index (χ1) is 14.0. The van der Waals surface area contributed by atoms with Crippen LogP contribution in [0, 0.1) is 5.82 Å². The Bertz CT molecular complexity index is 1200. The van der Waals surface area contributed by atoms with Gasteiger partial charge in [0.05, 0.1) is 11.0 Å². The fourth-order valence-corrected chi connectivity index (χ4v) is 3.03. The lowest BCUT2D eigenvalue weighted by atomic mass is 10.0. The number of nitrogens with zero attached hydrogens (tertiary/aromatic N) is 1. The zero-order valence-electron chi connectivity index (χ0n) is 15.1. The molecule has 2 aromatic carbocycles. The van der Waals surface area contributed by atoms with Gasteiger partial charge >= 0.3 is 6.03 Å². The SMILES string of the molecule is NC(=O)c1[nH]c2cccnc2c1-c1ccc(NC(=O)Nc2ccc(F)cc2)cc1. The van der Waals surface area contributed by atoms with E-state index in [2.05, 4.69) is 20.6 Å². The van der Waals surface area contributed by atoms with Gasteiger partial charge in [-0.05, 0) is 54.1 Å². The van der Waals surface area contributed by atoms with Gasteiger partial charge in [0.15, 0.2) is 0 Å². The van der Waals surface area contributed by atoms with Crippen molar-refractivity contribution in [3.05, 3.63) is 78.4 Å². The van der Waals surface area contributed by atoms with Crippen molar-refractivity contribution in [2.75, 3.05) is 10.6 Å². The molecule has 0 aliphatic rings. The average molecular weight is 389 g/mol. The number of benzene rings is 2. The van der Waals surface area contributed by atoms with Gasteiger partial charge in [-0.15, -0.1) is 0 Å². The molecule has 144 valence electrons. The molecule has 0 aliphatic carbocycles. The van der Waals surface area contributed by atoms with Crippen LogP contribution in [0.15, 0.2) is 66.9 Å². The maximum absolute atomic E-state index is 12.9. The number of fused-ring (bicyclic) bond motifs is 1. The monoisotopic (exact) mass is 389 g/mol. The molecule has 0 radical (unpaired) electrons. The summed E-state index contributed by atoms with van der Waals surface area (Å²) in [5.74, 6) is -0.965. The van der Waals surface area contributed by atoms with Gasteiger partial charge in [-0.1, -0.05) is 12.1 Å². The van der Waals surface area contributed by atoms with Crippen molar-refractivity contribution >= 4 is 34.3 Å². The number of anilines is 2. The third-order valence-corrected chi connectivity index (χ3v) is 4.33. The van der Waals surface area contributed by atoms with Gasteiger partial charge in [-0.3, -0.25) is 9.78 Å². The van der Waals surface area contributed by atoms with Crippen LogP contribution < -0.4 is 16.4 Å². The number of carbonyl (C=O) groups excluding carboxylic acids is 2. The largest absolute Gasteiger partial charge is 0.364 e. The molecule has 0 unspecified atom stereocenters. The van der Waals surface area contributed by atoms with E-state index in [1.54, 1.807) is 36.5 Å². The molecule has 0 aliphatic heterocycles. The number of nitrogens with one attached hydrogen (secondary N) is 3. The summed E-state index contributed by atoms with van der Waals surface area (Å²) in [7, 11) is 0. The smallest absolute Gasteiger partial charge is 0.323 e. The highest BCUT2D eigenvalue weighted by Gasteiger charge is 2.18. The second kappa shape index (κ2) is 7.43. The van der Waals surface area contributed by atoms with Crippen molar-refractivity contribution in [1.82, 2.24) is 9.97 Å². The normalized spacial score (nSPS) is 10.7. The number of rotatable bonds is 4. The summed E-state index contributed by atoms with van der Waals surface area (Å²) >= 11 is 0. The molecule has 0 spiro atoms. The zero-order chi connectivity index (χ0) is 20.4. The van der Waals surface area contributed by atoms with E-state index in [4.69, 9.17) is 5.73 Å². The molecule has 8 heteroatoms. The van der Waals surface area contributed by atoms with Crippen LogP contribution in [-0.2, 0) is 0 Å². The van der Waals surface area contributed by atoms with Gasteiger partial charge in [0.25, 0.3) is 5.91 Å². The van der Waals surface area contributed by atoms with Crippen molar-refractivity contribution in [3.63, 3.8) is 0 Å². The van der Waals surface area contributed by atoms with Crippen molar-refractivity contribution in [2.45, 2.75) is 0 Å². The average Bonchev–Trinajstić information content (AvgIpc) is 3.10. The van der Waals surface area contributed by atoms with Crippen LogP contribution in [0.4, 0.5) is 20.6 Å². The Labute approximate surface area is 164 Å². The van der Waals surface area contributed by atoms with Gasteiger partial charge in [-0.2, -0.15) is 0 Å². The van der Waals surface area contributed by atoms with Crippen LogP contribution in [0.25, 0.3) is 22.2 Å². The fourth-order valence-electron chi connectivity index (χ4n) is 3.03. The number of aromatic amines is 1. The molecule has 3 amide bonds. The van der Waals surface area contributed by atoms with Gasteiger partial charge in [0, 0.05) is 23.1 Å². The van der Waals surface area contributed by atoms with Crippen LogP contribution in [0.2, 0.25) is 0 Å². The molecule has 2 heterocycles. The molecule has 0 saturated carbocycles. The highest BCUT2D eigenvalue weighted by atomic mass is 19.1. The standard InChI is InChI=1S/C21H16FN5O2/c22-13-5-9-15(10-6-13)26-21(29)25-14-7-3-12(4-8-14)17-18-16(2-1-11-24-18)27-19(17)20(23)28/h1-11,27H,(H2,23,28)(H2,25,26,29). The highest BCUT2D eigenvalue weighted by Crippen LogP contribution is 2.31. The summed E-state index contributed by atoms with van der Waals surface area (Å²) in [5, 5.41) is 5.31. The van der Waals surface area contributed by atoms with E-state index in [-0.39, 0.29) is 11.5 Å². The minimum Gasteiger partial charge on any atom is -0.364 e. The van der Waals surface area contributed by atoms with Gasteiger partial charge < -0.3 is 21.4 Å². The Hall–Kier alpha value is -4.20. The molecule has 0 fully saturated rings. The van der Waals surface area contributed by atoms with Gasteiger partial charge in [-0.25, -0.2) is 9.18 Å². The van der Waals surface area contributed by atoms with Crippen LogP contribution in [0.1, 0.15) is 10.5 Å². The maximum atomic E-state index is 12.9. The highest BCUT2D eigenvalue weighted by molar-refractivity contribution is 6.08. The summed E-state index contributed by atoms with van der Waals surface area (Å²) in [4.78, 5) is 31.3. The Kier molecular flexibility index (Phi) is 4.66. The summed E-state index contributed by atoms with van der Waals surface area (Å²) in [6.07, 6.45) is 1.64. The van der Waals surface area contributed by atoms with E-state index in [0.29, 0.717) is 28.0 Å². The molecule has 29 heavy (non-hydrogen) atoms. The second-order valence-corrected chi connectivity index (χ2v) is 6.30. The first-order valence-corrected chi connectivity index (χ1v) is 8.72. The summed E-state index contributed by atoms with van der Waals surface area (Å²) in [5.41, 5.74) is 9.47. The van der Waals surface area contributed by atoms with Crippen molar-refractivity contribution in [3.8, 4) is 11.1 Å². The number of urea groups is 1. The number of hydrogen-bond donors (Lipinski definition) is 4. The minimum atomic E-state index is -0.584. The Morgan fingerprint density at radius 2 is 1.55 bits per heavy atom. The Balaban J connectivity index is 1.56. The number of aromatic nitrogens is 2. The molecule has 0 saturated heterocycles. The van der Waals surface area contributed by atoms with Gasteiger partial charge in [0.2, 0.25) is 0 Å². The fraction of sp³-hybridized carbons (Fsp3) is 0. The molecule has 5 N–H and O–H groups in total. The minimum absolute atomic E-state index is 0.272.